The highest BCUT2D eigenvalue weighted by Gasteiger charge is 2.30. The first-order valence-corrected chi connectivity index (χ1v) is 40.8. The van der Waals surface area contributed by atoms with Gasteiger partial charge in [0.1, 0.15) is 19.3 Å². The largest absolute Gasteiger partial charge is 0.472 e. The molecule has 0 bridgehead atoms. The van der Waals surface area contributed by atoms with Crippen LogP contribution in [0, 0.1) is 17.8 Å². The number of phosphoric acid groups is 2. The van der Waals surface area contributed by atoms with E-state index in [1.54, 1.807) is 0 Å². The Hall–Kier alpha value is -1.94. The van der Waals surface area contributed by atoms with Gasteiger partial charge in [-0.1, -0.05) is 318 Å². The number of aliphatic hydroxyl groups is 1. The summed E-state index contributed by atoms with van der Waals surface area (Å²) in [5.41, 5.74) is 0. The molecule has 0 spiro atoms. The summed E-state index contributed by atoms with van der Waals surface area (Å²) < 4.78 is 68.4. The maximum Gasteiger partial charge on any atom is 0.472 e. The summed E-state index contributed by atoms with van der Waals surface area (Å²) in [6.45, 7) is 11.8. The molecule has 0 amide bonds. The van der Waals surface area contributed by atoms with Gasteiger partial charge in [0, 0.05) is 25.7 Å². The van der Waals surface area contributed by atoms with E-state index >= 15 is 0 Å². The number of esters is 4. The Bertz CT molecular complexity index is 1800. The molecule has 0 aliphatic carbocycles. The van der Waals surface area contributed by atoms with Gasteiger partial charge in [-0.05, 0) is 43.4 Å². The zero-order chi connectivity index (χ0) is 68.0. The van der Waals surface area contributed by atoms with E-state index in [0.717, 1.165) is 108 Å². The second kappa shape index (κ2) is 63.8. The zero-order valence-corrected chi connectivity index (χ0v) is 61.8. The maximum atomic E-state index is 13.1. The minimum Gasteiger partial charge on any atom is -0.462 e. The van der Waals surface area contributed by atoms with Crippen LogP contribution < -0.4 is 0 Å². The van der Waals surface area contributed by atoms with Crippen molar-refractivity contribution in [1.29, 1.82) is 0 Å². The van der Waals surface area contributed by atoms with Gasteiger partial charge in [0.15, 0.2) is 12.2 Å². The topological polar surface area (TPSA) is 237 Å². The first kappa shape index (κ1) is 90.1. The normalized spacial score (nSPS) is 14.1. The average Bonchev–Trinajstić information content (AvgIpc) is 2.99. The summed E-state index contributed by atoms with van der Waals surface area (Å²) in [5, 5.41) is 10.6. The molecule has 3 N–H and O–H groups in total. The SMILES string of the molecule is CCCCCCCCCCCCCCCCCCCCC(=O)O[C@H](COC(=O)CCCCCCCCCCCC(C)C)COP(=O)(O)OC[C@@H](O)COP(=O)(O)OC[C@@H](COC(=O)CCCCCCCCCCC(C)C)OC(=O)CCCCCCCCCCC(C)C. The molecule has 0 radical (unpaired) electrons. The van der Waals surface area contributed by atoms with E-state index in [-0.39, 0.29) is 25.7 Å². The molecule has 0 fully saturated rings. The van der Waals surface area contributed by atoms with Crippen molar-refractivity contribution in [3.8, 4) is 0 Å². The second-order valence-electron chi connectivity index (χ2n) is 27.8. The van der Waals surface area contributed by atoms with Gasteiger partial charge in [-0.3, -0.25) is 37.3 Å². The third-order valence-electron chi connectivity index (χ3n) is 16.9. The van der Waals surface area contributed by atoms with Gasteiger partial charge in [0.05, 0.1) is 26.4 Å². The highest BCUT2D eigenvalue weighted by molar-refractivity contribution is 7.47. The molecular formula is C73H142O17P2. The summed E-state index contributed by atoms with van der Waals surface area (Å²) in [6, 6.07) is 0. The van der Waals surface area contributed by atoms with E-state index in [2.05, 4.69) is 48.5 Å². The van der Waals surface area contributed by atoms with Crippen molar-refractivity contribution in [3.05, 3.63) is 0 Å². The molecule has 2 unspecified atom stereocenters. The number of hydrogen-bond acceptors (Lipinski definition) is 15. The molecule has 5 atom stereocenters. The molecule has 546 valence electrons. The van der Waals surface area contributed by atoms with E-state index < -0.39 is 97.5 Å². The molecule has 0 rings (SSSR count). The Kier molecular flexibility index (Phi) is 62.4. The lowest BCUT2D eigenvalue weighted by atomic mass is 10.0. The number of rotatable bonds is 71. The molecule has 0 heterocycles. The monoisotopic (exact) mass is 1350 g/mol. The highest BCUT2D eigenvalue weighted by atomic mass is 31.2. The predicted molar refractivity (Wildman–Crippen MR) is 372 cm³/mol. The van der Waals surface area contributed by atoms with Crippen molar-refractivity contribution in [2.24, 2.45) is 17.8 Å². The summed E-state index contributed by atoms with van der Waals surface area (Å²) in [7, 11) is -9.91. The Balaban J connectivity index is 5.23. The first-order valence-electron chi connectivity index (χ1n) is 37.8. The number of phosphoric ester groups is 2. The van der Waals surface area contributed by atoms with E-state index in [4.69, 9.17) is 37.0 Å². The van der Waals surface area contributed by atoms with Gasteiger partial charge >= 0.3 is 39.5 Å². The van der Waals surface area contributed by atoms with Crippen molar-refractivity contribution in [3.63, 3.8) is 0 Å². The molecule has 0 saturated heterocycles. The quantitative estimate of drug-likeness (QED) is 0.0222. The average molecular weight is 1350 g/mol. The van der Waals surface area contributed by atoms with Crippen LogP contribution in [0.3, 0.4) is 0 Å². The third kappa shape index (κ3) is 66.7. The molecule has 92 heavy (non-hydrogen) atoms. The van der Waals surface area contributed by atoms with Crippen LogP contribution in [0.5, 0.6) is 0 Å². The van der Waals surface area contributed by atoms with Crippen LogP contribution in [-0.2, 0) is 65.4 Å². The minimum atomic E-state index is -4.95. The Morgan fingerprint density at radius 3 is 0.739 bits per heavy atom. The summed E-state index contributed by atoms with van der Waals surface area (Å²) in [4.78, 5) is 72.6. The summed E-state index contributed by atoms with van der Waals surface area (Å²) in [6.07, 6.45) is 48.7. The lowest BCUT2D eigenvalue weighted by molar-refractivity contribution is -0.161. The Labute approximate surface area is 562 Å². The maximum absolute atomic E-state index is 13.1. The third-order valence-corrected chi connectivity index (χ3v) is 18.8. The fourth-order valence-corrected chi connectivity index (χ4v) is 12.7. The fraction of sp³-hybridized carbons (Fsp3) is 0.945. The van der Waals surface area contributed by atoms with Crippen molar-refractivity contribution in [2.45, 2.75) is 388 Å². The number of unbranched alkanes of at least 4 members (excludes halogenated alkanes) is 39. The second-order valence-corrected chi connectivity index (χ2v) is 30.7. The Morgan fingerprint density at radius 2 is 0.500 bits per heavy atom. The van der Waals surface area contributed by atoms with Crippen LogP contribution in [0.2, 0.25) is 0 Å². The summed E-state index contributed by atoms with van der Waals surface area (Å²) >= 11 is 0. The van der Waals surface area contributed by atoms with Gasteiger partial charge in [0.2, 0.25) is 0 Å². The van der Waals surface area contributed by atoms with Gasteiger partial charge in [-0.15, -0.1) is 0 Å². The smallest absolute Gasteiger partial charge is 0.462 e. The number of ether oxygens (including phenoxy) is 4. The molecule has 19 heteroatoms. The lowest BCUT2D eigenvalue weighted by Gasteiger charge is -2.21. The molecule has 0 aromatic rings. The number of carbonyl (C=O) groups is 4. The molecule has 0 aromatic heterocycles. The lowest BCUT2D eigenvalue weighted by Crippen LogP contribution is -2.30. The molecular weight excluding hydrogens is 1210 g/mol. The van der Waals surface area contributed by atoms with Gasteiger partial charge in [-0.2, -0.15) is 0 Å². The van der Waals surface area contributed by atoms with Crippen LogP contribution in [0.4, 0.5) is 0 Å². The van der Waals surface area contributed by atoms with E-state index in [0.29, 0.717) is 25.7 Å². The van der Waals surface area contributed by atoms with Crippen LogP contribution in [0.15, 0.2) is 0 Å². The fourth-order valence-electron chi connectivity index (χ4n) is 11.1. The van der Waals surface area contributed by atoms with Crippen LogP contribution in [0.1, 0.15) is 370 Å². The van der Waals surface area contributed by atoms with E-state index in [1.807, 2.05) is 0 Å². The van der Waals surface area contributed by atoms with E-state index in [9.17, 15) is 43.2 Å². The number of carbonyl (C=O) groups excluding carboxylic acids is 4. The minimum absolute atomic E-state index is 0.104. The molecule has 0 saturated carbocycles. The summed E-state index contributed by atoms with van der Waals surface area (Å²) in [5.74, 6) is 0.0638. The highest BCUT2D eigenvalue weighted by Crippen LogP contribution is 2.45. The molecule has 0 aliphatic rings. The Morgan fingerprint density at radius 1 is 0.293 bits per heavy atom. The predicted octanol–water partition coefficient (Wildman–Crippen LogP) is 21.0. The van der Waals surface area contributed by atoms with Crippen molar-refractivity contribution in [2.75, 3.05) is 39.6 Å². The van der Waals surface area contributed by atoms with Crippen molar-refractivity contribution in [1.82, 2.24) is 0 Å². The van der Waals surface area contributed by atoms with Crippen molar-refractivity contribution >= 4 is 39.5 Å². The van der Waals surface area contributed by atoms with Gasteiger partial charge in [-0.25, -0.2) is 9.13 Å². The number of hydrogen-bond donors (Lipinski definition) is 3. The van der Waals surface area contributed by atoms with Crippen molar-refractivity contribution < 1.29 is 80.2 Å². The van der Waals surface area contributed by atoms with Crippen LogP contribution in [0.25, 0.3) is 0 Å². The zero-order valence-electron chi connectivity index (χ0n) is 60.0. The molecule has 0 aliphatic heterocycles. The molecule has 17 nitrogen and oxygen atoms in total. The van der Waals surface area contributed by atoms with Gasteiger partial charge < -0.3 is 33.8 Å². The van der Waals surface area contributed by atoms with E-state index in [1.165, 1.54) is 180 Å². The van der Waals surface area contributed by atoms with Crippen LogP contribution in [-0.4, -0.2) is 96.7 Å². The first-order chi connectivity index (χ1) is 44.2. The van der Waals surface area contributed by atoms with Gasteiger partial charge in [0.25, 0.3) is 0 Å². The van der Waals surface area contributed by atoms with Crippen LogP contribution >= 0.6 is 15.6 Å². The number of aliphatic hydroxyl groups excluding tert-OH is 1. The molecule has 0 aromatic carbocycles. The standard InChI is InChI=1S/C73H142O17P2/c1-8-9-10-11-12-13-14-15-16-17-18-19-20-21-24-35-42-49-56-72(77)89-68(60-83-70(75)54-47-40-33-25-22-23-30-37-44-51-64(2)3)62-87-91(79,80)85-58-67(74)59-86-92(81,82)88-63-69(90-73(78)57-50-43-36-29-27-32-39-46-53-66(6)7)61-84-71(76)55-48-41-34-28-26-31-38-45-52-65(4)5/h64-69,74H,8-63H2,1-7H3,(H,79,80)(H,81,82)/t67-,68-,69-/m1/s1.